The Bertz CT molecular complexity index is 1380. The van der Waals surface area contributed by atoms with Gasteiger partial charge in [0.2, 0.25) is 5.91 Å². The first-order chi connectivity index (χ1) is 16.9. The van der Waals surface area contributed by atoms with E-state index < -0.39 is 24.4 Å². The molecule has 2 heterocycles. The number of furan rings is 1. The zero-order chi connectivity index (χ0) is 24.8. The summed E-state index contributed by atoms with van der Waals surface area (Å²) < 4.78 is 15.8. The summed E-state index contributed by atoms with van der Waals surface area (Å²) in [6.45, 7) is 1.04. The average molecular weight is 473 g/mol. The Kier molecular flexibility index (Phi) is 7.06. The second kappa shape index (κ2) is 10.5. The summed E-state index contributed by atoms with van der Waals surface area (Å²) in [5, 5.41) is 5.71. The van der Waals surface area contributed by atoms with Crippen LogP contribution in [0.5, 0.6) is 5.75 Å². The topological polar surface area (TPSA) is 120 Å². The van der Waals surface area contributed by atoms with E-state index in [9.17, 15) is 14.4 Å². The van der Waals surface area contributed by atoms with E-state index in [1.54, 1.807) is 54.6 Å². The van der Waals surface area contributed by atoms with Gasteiger partial charge in [-0.25, -0.2) is 9.78 Å². The standard InChI is InChI=1S/C26H23N3O6/c1-16-9-10-22(33-2)20(12-16)29-24(30)14-27-25(31)15-35-26(32)18-13-21(23-8-5-11-34-23)28-19-7-4-3-6-17(18)19/h3-13H,14-15H2,1-2H3,(H,27,31)(H,29,30). The molecule has 2 amide bonds. The van der Waals surface area contributed by atoms with E-state index in [0.717, 1.165) is 5.56 Å². The molecule has 0 aliphatic rings. The van der Waals surface area contributed by atoms with Crippen molar-refractivity contribution in [2.75, 3.05) is 25.6 Å². The molecule has 4 aromatic rings. The molecule has 2 aromatic carbocycles. The summed E-state index contributed by atoms with van der Waals surface area (Å²) in [6, 6.07) is 17.5. The van der Waals surface area contributed by atoms with E-state index in [0.29, 0.717) is 33.8 Å². The van der Waals surface area contributed by atoms with E-state index in [1.807, 2.05) is 13.0 Å². The summed E-state index contributed by atoms with van der Waals surface area (Å²) in [7, 11) is 1.50. The van der Waals surface area contributed by atoms with Crippen LogP contribution in [-0.4, -0.2) is 43.0 Å². The number of rotatable bonds is 8. The Labute approximate surface area is 201 Å². The lowest BCUT2D eigenvalue weighted by atomic mass is 10.1. The second-order valence-electron chi connectivity index (χ2n) is 7.65. The number of ether oxygens (including phenoxy) is 2. The largest absolute Gasteiger partial charge is 0.495 e. The van der Waals surface area contributed by atoms with Gasteiger partial charge >= 0.3 is 5.97 Å². The highest BCUT2D eigenvalue weighted by Crippen LogP contribution is 2.26. The SMILES string of the molecule is COc1ccc(C)cc1NC(=O)CNC(=O)COC(=O)c1cc(-c2ccco2)nc2ccccc12. The first-order valence-electron chi connectivity index (χ1n) is 10.8. The Morgan fingerprint density at radius 1 is 1.00 bits per heavy atom. The highest BCUT2D eigenvalue weighted by Gasteiger charge is 2.18. The van der Waals surface area contributed by atoms with Crippen LogP contribution in [0.2, 0.25) is 0 Å². The maximum absolute atomic E-state index is 12.8. The van der Waals surface area contributed by atoms with Gasteiger partial charge in [0.1, 0.15) is 11.4 Å². The van der Waals surface area contributed by atoms with Crippen LogP contribution in [0.3, 0.4) is 0 Å². The summed E-state index contributed by atoms with van der Waals surface area (Å²) in [5.74, 6) is -0.756. The molecule has 0 bridgehead atoms. The molecule has 0 spiro atoms. The number of fused-ring (bicyclic) bond motifs is 1. The van der Waals surface area contributed by atoms with Crippen LogP contribution >= 0.6 is 0 Å². The number of hydrogen-bond donors (Lipinski definition) is 2. The minimum atomic E-state index is -0.694. The number of nitrogens with zero attached hydrogens (tertiary/aromatic N) is 1. The van der Waals surface area contributed by atoms with E-state index in [-0.39, 0.29) is 12.1 Å². The summed E-state index contributed by atoms with van der Waals surface area (Å²) >= 11 is 0. The van der Waals surface area contributed by atoms with Crippen molar-refractivity contribution in [1.82, 2.24) is 10.3 Å². The first kappa shape index (κ1) is 23.5. The van der Waals surface area contributed by atoms with Gasteiger partial charge in [0, 0.05) is 5.39 Å². The van der Waals surface area contributed by atoms with Crippen molar-refractivity contribution in [3.05, 3.63) is 78.1 Å². The molecule has 0 unspecified atom stereocenters. The molecule has 4 rings (SSSR count). The Hall–Kier alpha value is -4.66. The number of aromatic nitrogens is 1. The van der Waals surface area contributed by atoms with Crippen molar-refractivity contribution in [3.8, 4) is 17.2 Å². The van der Waals surface area contributed by atoms with Gasteiger partial charge in [-0.2, -0.15) is 0 Å². The Morgan fingerprint density at radius 3 is 2.60 bits per heavy atom. The predicted octanol–water partition coefficient (Wildman–Crippen LogP) is 3.72. The summed E-state index contributed by atoms with van der Waals surface area (Å²) in [5.41, 5.74) is 2.74. The molecule has 9 heteroatoms. The van der Waals surface area contributed by atoms with Crippen LogP contribution in [0.25, 0.3) is 22.4 Å². The van der Waals surface area contributed by atoms with Gasteiger partial charge in [-0.05, 0) is 48.9 Å². The number of aryl methyl sites for hydroxylation is 1. The number of carbonyl (C=O) groups excluding carboxylic acids is 3. The number of anilines is 1. The molecule has 2 N–H and O–H groups in total. The zero-order valence-corrected chi connectivity index (χ0v) is 19.2. The monoisotopic (exact) mass is 473 g/mol. The summed E-state index contributed by atoms with van der Waals surface area (Å²) in [4.78, 5) is 41.8. The van der Waals surface area contributed by atoms with Gasteiger partial charge in [0.25, 0.3) is 5.91 Å². The van der Waals surface area contributed by atoms with Crippen LogP contribution in [0, 0.1) is 6.92 Å². The molecule has 178 valence electrons. The molecule has 0 aliphatic carbocycles. The van der Waals surface area contributed by atoms with E-state index in [4.69, 9.17) is 13.9 Å². The molecule has 2 aromatic heterocycles. The minimum absolute atomic E-state index is 0.249. The van der Waals surface area contributed by atoms with Gasteiger partial charge in [-0.1, -0.05) is 24.3 Å². The second-order valence-corrected chi connectivity index (χ2v) is 7.65. The molecule has 0 radical (unpaired) electrons. The highest BCUT2D eigenvalue weighted by molar-refractivity contribution is 6.05. The fraction of sp³-hybridized carbons (Fsp3) is 0.154. The number of pyridine rings is 1. The normalized spacial score (nSPS) is 10.6. The van der Waals surface area contributed by atoms with Crippen molar-refractivity contribution in [2.45, 2.75) is 6.92 Å². The van der Waals surface area contributed by atoms with E-state index in [1.165, 1.54) is 13.4 Å². The number of hydrogen-bond acceptors (Lipinski definition) is 7. The maximum Gasteiger partial charge on any atom is 0.339 e. The van der Waals surface area contributed by atoms with Crippen LogP contribution in [0.15, 0.2) is 71.3 Å². The van der Waals surface area contributed by atoms with E-state index in [2.05, 4.69) is 15.6 Å². The number of para-hydroxylation sites is 1. The molecule has 0 aliphatic heterocycles. The molecule has 0 saturated heterocycles. The maximum atomic E-state index is 12.8. The number of amides is 2. The van der Waals surface area contributed by atoms with Crippen molar-refractivity contribution >= 4 is 34.4 Å². The van der Waals surface area contributed by atoms with E-state index >= 15 is 0 Å². The fourth-order valence-electron chi connectivity index (χ4n) is 3.45. The molecule has 0 fully saturated rings. The highest BCUT2D eigenvalue weighted by atomic mass is 16.5. The number of benzene rings is 2. The van der Waals surface area contributed by atoms with Gasteiger partial charge in [-0.3, -0.25) is 9.59 Å². The summed E-state index contributed by atoms with van der Waals surface area (Å²) in [6.07, 6.45) is 1.51. The first-order valence-corrected chi connectivity index (χ1v) is 10.8. The third-order valence-electron chi connectivity index (χ3n) is 5.12. The van der Waals surface area contributed by atoms with Gasteiger partial charge in [0.05, 0.1) is 36.7 Å². The quantitative estimate of drug-likeness (QED) is 0.374. The van der Waals surface area contributed by atoms with Gasteiger partial charge < -0.3 is 24.5 Å². The average Bonchev–Trinajstić information content (AvgIpc) is 3.41. The van der Waals surface area contributed by atoms with Gasteiger partial charge in [-0.15, -0.1) is 0 Å². The van der Waals surface area contributed by atoms with Gasteiger partial charge in [0.15, 0.2) is 12.4 Å². The fourth-order valence-corrected chi connectivity index (χ4v) is 3.45. The Balaban J connectivity index is 1.37. The predicted molar refractivity (Wildman–Crippen MR) is 129 cm³/mol. The number of nitrogens with one attached hydrogen (secondary N) is 2. The number of methoxy groups -OCH3 is 1. The van der Waals surface area contributed by atoms with Crippen LogP contribution in [-0.2, 0) is 14.3 Å². The lowest BCUT2D eigenvalue weighted by Gasteiger charge is -2.12. The van der Waals surface area contributed by atoms with Crippen molar-refractivity contribution < 1.29 is 28.3 Å². The van der Waals surface area contributed by atoms with Crippen LogP contribution in [0.4, 0.5) is 5.69 Å². The van der Waals surface area contributed by atoms with Crippen LogP contribution < -0.4 is 15.4 Å². The lowest BCUT2D eigenvalue weighted by Crippen LogP contribution is -2.35. The van der Waals surface area contributed by atoms with Crippen molar-refractivity contribution in [2.24, 2.45) is 0 Å². The molecule has 9 nitrogen and oxygen atoms in total. The van der Waals surface area contributed by atoms with Crippen molar-refractivity contribution in [1.29, 1.82) is 0 Å². The zero-order valence-electron chi connectivity index (χ0n) is 19.2. The lowest BCUT2D eigenvalue weighted by molar-refractivity contribution is -0.126. The van der Waals surface area contributed by atoms with Crippen LogP contribution in [0.1, 0.15) is 15.9 Å². The number of carbonyl (C=O) groups is 3. The molecule has 35 heavy (non-hydrogen) atoms. The third kappa shape index (κ3) is 5.64. The minimum Gasteiger partial charge on any atom is -0.495 e. The smallest absolute Gasteiger partial charge is 0.339 e. The molecule has 0 saturated carbocycles. The Morgan fingerprint density at radius 2 is 1.83 bits per heavy atom. The molecular formula is C26H23N3O6. The third-order valence-corrected chi connectivity index (χ3v) is 5.12. The molecular weight excluding hydrogens is 450 g/mol. The number of esters is 1. The molecule has 0 atom stereocenters. The van der Waals surface area contributed by atoms with Crippen molar-refractivity contribution in [3.63, 3.8) is 0 Å².